The van der Waals surface area contributed by atoms with Crippen molar-refractivity contribution >= 4 is 16.7 Å². The number of nitrogens with one attached hydrogen (secondary N) is 1. The van der Waals surface area contributed by atoms with E-state index < -0.39 is 5.82 Å². The minimum Gasteiger partial charge on any atom is -0.439 e. The van der Waals surface area contributed by atoms with Gasteiger partial charge in [-0.3, -0.25) is 0 Å². The van der Waals surface area contributed by atoms with Gasteiger partial charge in [-0.25, -0.2) is 23.7 Å². The highest BCUT2D eigenvalue weighted by molar-refractivity contribution is 5.89. The lowest BCUT2D eigenvalue weighted by atomic mass is 10.2. The van der Waals surface area contributed by atoms with E-state index in [9.17, 15) is 8.78 Å². The van der Waals surface area contributed by atoms with Gasteiger partial charge >= 0.3 is 0 Å². The Labute approximate surface area is 153 Å². The fraction of sp³-hybridized carbons (Fsp3) is 0.0500. The first kappa shape index (κ1) is 16.8. The Hall–Kier alpha value is -3.61. The van der Waals surface area contributed by atoms with Crippen molar-refractivity contribution in [3.05, 3.63) is 84.3 Å². The summed E-state index contributed by atoms with van der Waals surface area (Å²) < 4.78 is 32.5. The first-order valence-electron chi connectivity index (χ1n) is 8.20. The molecule has 0 aliphatic heterocycles. The summed E-state index contributed by atoms with van der Waals surface area (Å²) in [5.74, 6) is 0.515. The third kappa shape index (κ3) is 3.82. The monoisotopic (exact) mass is 364 g/mol. The van der Waals surface area contributed by atoms with Crippen LogP contribution in [0.15, 0.2) is 67.1 Å². The Bertz CT molecular complexity index is 1090. The van der Waals surface area contributed by atoms with E-state index in [0.717, 1.165) is 5.56 Å². The van der Waals surface area contributed by atoms with Gasteiger partial charge in [0, 0.05) is 30.3 Å². The molecular weight excluding hydrogens is 350 g/mol. The molecule has 0 radical (unpaired) electrons. The fourth-order valence-electron chi connectivity index (χ4n) is 2.61. The standard InChI is InChI=1S/C20H14F2N4O/c21-14-3-1-4-15(9-14)27-18-8-7-13(10-23-18)11-24-20-16-5-2-6-17(22)19(16)25-12-26-20/h1-10,12H,11H2,(H,24,25,26). The maximum Gasteiger partial charge on any atom is 0.219 e. The van der Waals surface area contributed by atoms with Crippen LogP contribution in [-0.2, 0) is 6.54 Å². The Morgan fingerprint density at radius 2 is 1.81 bits per heavy atom. The number of aromatic nitrogens is 3. The van der Waals surface area contributed by atoms with E-state index in [4.69, 9.17) is 4.74 Å². The van der Waals surface area contributed by atoms with Gasteiger partial charge in [-0.05, 0) is 29.8 Å². The van der Waals surface area contributed by atoms with Crippen molar-refractivity contribution < 1.29 is 13.5 Å². The minimum atomic E-state index is -0.390. The van der Waals surface area contributed by atoms with Crippen molar-refractivity contribution in [2.45, 2.75) is 6.54 Å². The Morgan fingerprint density at radius 1 is 0.926 bits per heavy atom. The number of ether oxygens (including phenoxy) is 1. The first-order chi connectivity index (χ1) is 13.2. The van der Waals surface area contributed by atoms with Gasteiger partial charge in [0.1, 0.15) is 35.0 Å². The van der Waals surface area contributed by atoms with Crippen molar-refractivity contribution in [3.63, 3.8) is 0 Å². The van der Waals surface area contributed by atoms with Gasteiger partial charge < -0.3 is 10.1 Å². The summed E-state index contributed by atoms with van der Waals surface area (Å²) >= 11 is 0. The molecule has 2 aromatic heterocycles. The maximum absolute atomic E-state index is 13.8. The zero-order chi connectivity index (χ0) is 18.6. The topological polar surface area (TPSA) is 59.9 Å². The lowest BCUT2D eigenvalue weighted by Crippen LogP contribution is -2.03. The highest BCUT2D eigenvalue weighted by atomic mass is 19.1. The van der Waals surface area contributed by atoms with E-state index in [1.54, 1.807) is 36.5 Å². The third-order valence-electron chi connectivity index (χ3n) is 3.89. The Morgan fingerprint density at radius 3 is 2.63 bits per heavy atom. The molecule has 0 amide bonds. The normalized spacial score (nSPS) is 10.7. The molecule has 0 aliphatic rings. The number of halogens is 2. The van der Waals surface area contributed by atoms with Gasteiger partial charge in [0.25, 0.3) is 0 Å². The first-order valence-corrected chi connectivity index (χ1v) is 8.20. The molecule has 0 fully saturated rings. The molecule has 0 aliphatic carbocycles. The van der Waals surface area contributed by atoms with Crippen LogP contribution in [0.3, 0.4) is 0 Å². The van der Waals surface area contributed by atoms with Crippen LogP contribution in [0.2, 0.25) is 0 Å². The van der Waals surface area contributed by atoms with Crippen LogP contribution in [-0.4, -0.2) is 15.0 Å². The van der Waals surface area contributed by atoms with E-state index in [2.05, 4.69) is 20.3 Å². The number of anilines is 1. The predicted molar refractivity (Wildman–Crippen MR) is 97.5 cm³/mol. The van der Waals surface area contributed by atoms with Gasteiger partial charge in [0.15, 0.2) is 0 Å². The molecule has 7 heteroatoms. The molecule has 0 saturated carbocycles. The van der Waals surface area contributed by atoms with Crippen LogP contribution in [0.1, 0.15) is 5.56 Å². The summed E-state index contributed by atoms with van der Waals surface area (Å²) in [5, 5.41) is 3.77. The Balaban J connectivity index is 1.46. The van der Waals surface area contributed by atoms with Crippen LogP contribution in [0, 0.1) is 11.6 Å². The molecule has 4 rings (SSSR count). The van der Waals surface area contributed by atoms with E-state index in [1.165, 1.54) is 24.5 Å². The van der Waals surface area contributed by atoms with Crippen molar-refractivity contribution in [3.8, 4) is 11.6 Å². The predicted octanol–water partition coefficient (Wildman–Crippen LogP) is 4.71. The van der Waals surface area contributed by atoms with Gasteiger partial charge in [-0.15, -0.1) is 0 Å². The summed E-state index contributed by atoms with van der Waals surface area (Å²) in [4.78, 5) is 12.4. The summed E-state index contributed by atoms with van der Waals surface area (Å²) in [6, 6.07) is 14.1. The molecule has 5 nitrogen and oxygen atoms in total. The van der Waals surface area contributed by atoms with Gasteiger partial charge in [-0.2, -0.15) is 0 Å². The second-order valence-corrected chi connectivity index (χ2v) is 5.78. The average molecular weight is 364 g/mol. The molecule has 0 bridgehead atoms. The molecule has 27 heavy (non-hydrogen) atoms. The fourth-order valence-corrected chi connectivity index (χ4v) is 2.61. The Kier molecular flexibility index (Phi) is 4.57. The second kappa shape index (κ2) is 7.33. The van der Waals surface area contributed by atoms with E-state index in [0.29, 0.717) is 29.4 Å². The summed E-state index contributed by atoms with van der Waals surface area (Å²) in [5.41, 5.74) is 1.15. The number of hydrogen-bond donors (Lipinski definition) is 1. The molecule has 0 unspecified atom stereocenters. The van der Waals surface area contributed by atoms with Crippen LogP contribution in [0.5, 0.6) is 11.6 Å². The quantitative estimate of drug-likeness (QED) is 0.556. The molecule has 1 N–H and O–H groups in total. The van der Waals surface area contributed by atoms with Crippen molar-refractivity contribution in [1.29, 1.82) is 0 Å². The lowest BCUT2D eigenvalue weighted by molar-refractivity contribution is 0.458. The third-order valence-corrected chi connectivity index (χ3v) is 3.89. The van der Waals surface area contributed by atoms with Crippen molar-refractivity contribution in [1.82, 2.24) is 15.0 Å². The molecule has 4 aromatic rings. The second-order valence-electron chi connectivity index (χ2n) is 5.78. The highest BCUT2D eigenvalue weighted by Crippen LogP contribution is 2.23. The molecule has 0 atom stereocenters. The smallest absolute Gasteiger partial charge is 0.219 e. The van der Waals surface area contributed by atoms with Crippen molar-refractivity contribution in [2.75, 3.05) is 5.32 Å². The van der Waals surface area contributed by atoms with E-state index in [-0.39, 0.29) is 11.3 Å². The zero-order valence-corrected chi connectivity index (χ0v) is 14.1. The van der Waals surface area contributed by atoms with Gasteiger partial charge in [0.05, 0.1) is 0 Å². The number of pyridine rings is 1. The number of benzene rings is 2. The lowest BCUT2D eigenvalue weighted by Gasteiger charge is -2.09. The largest absolute Gasteiger partial charge is 0.439 e. The van der Waals surface area contributed by atoms with Crippen LogP contribution >= 0.6 is 0 Å². The van der Waals surface area contributed by atoms with Crippen molar-refractivity contribution in [2.24, 2.45) is 0 Å². The molecule has 134 valence electrons. The minimum absolute atomic E-state index is 0.270. The SMILES string of the molecule is Fc1cccc(Oc2ccc(CNc3ncnc4c(F)cccc34)cn2)c1. The number of fused-ring (bicyclic) bond motifs is 1. The summed E-state index contributed by atoms with van der Waals surface area (Å²) in [6.45, 7) is 0.440. The van der Waals surface area contributed by atoms with Gasteiger partial charge in [-0.1, -0.05) is 18.2 Å². The number of nitrogens with zero attached hydrogens (tertiary/aromatic N) is 3. The maximum atomic E-state index is 13.8. The number of hydrogen-bond acceptors (Lipinski definition) is 5. The average Bonchev–Trinajstić information content (AvgIpc) is 2.68. The highest BCUT2D eigenvalue weighted by Gasteiger charge is 2.07. The van der Waals surface area contributed by atoms with E-state index in [1.807, 2.05) is 6.07 Å². The van der Waals surface area contributed by atoms with E-state index >= 15 is 0 Å². The van der Waals surface area contributed by atoms with Crippen LogP contribution in [0.4, 0.5) is 14.6 Å². The zero-order valence-electron chi connectivity index (χ0n) is 14.1. The molecular formula is C20H14F2N4O. The number of rotatable bonds is 5. The molecule has 0 spiro atoms. The van der Waals surface area contributed by atoms with Crippen LogP contribution in [0.25, 0.3) is 10.9 Å². The molecule has 0 saturated heterocycles. The summed E-state index contributed by atoms with van der Waals surface area (Å²) in [7, 11) is 0. The summed E-state index contributed by atoms with van der Waals surface area (Å²) in [6.07, 6.45) is 2.97. The number of para-hydroxylation sites is 1. The van der Waals surface area contributed by atoms with Gasteiger partial charge in [0.2, 0.25) is 5.88 Å². The van der Waals surface area contributed by atoms with Crippen LogP contribution < -0.4 is 10.1 Å². The molecule has 2 heterocycles. The molecule has 2 aromatic carbocycles.